The molecule has 5 nitrogen and oxygen atoms in total. The summed E-state index contributed by atoms with van der Waals surface area (Å²) in [5, 5.41) is 33.5. The summed E-state index contributed by atoms with van der Waals surface area (Å²) in [7, 11) is -2.81. The van der Waals surface area contributed by atoms with Gasteiger partial charge in [0.05, 0.1) is 25.0 Å². The normalized spacial score (nSPS) is 13.5. The van der Waals surface area contributed by atoms with Crippen molar-refractivity contribution in [1.29, 1.82) is 0 Å². The monoisotopic (exact) mass is 605 g/mol. The van der Waals surface area contributed by atoms with Crippen LogP contribution in [0.5, 0.6) is 5.75 Å². The highest BCUT2D eigenvalue weighted by Gasteiger charge is 2.50. The Morgan fingerprint density at radius 2 is 1.55 bits per heavy atom. The van der Waals surface area contributed by atoms with E-state index in [0.717, 1.165) is 27.2 Å². The molecule has 0 fully saturated rings. The molecule has 4 rings (SSSR count). The molecule has 0 aliphatic heterocycles. The van der Waals surface area contributed by atoms with Crippen LogP contribution in [0.3, 0.4) is 0 Å². The molecule has 1 heterocycles. The molecule has 228 valence electrons. The maximum absolute atomic E-state index is 11.5. The highest BCUT2D eigenvalue weighted by molar-refractivity contribution is 6.99. The molecule has 0 spiro atoms. The molecule has 1 aromatic heterocycles. The third-order valence-corrected chi connectivity index (χ3v) is 12.8. The Morgan fingerprint density at radius 3 is 2.09 bits per heavy atom. The van der Waals surface area contributed by atoms with Crippen molar-refractivity contribution < 1.29 is 19.7 Å². The summed E-state index contributed by atoms with van der Waals surface area (Å²) in [5.74, 6) is 0.185. The molecule has 0 saturated heterocycles. The molecule has 6 heteroatoms. The number of aromatic hydroxyl groups is 1. The average molecular weight is 606 g/mol. The second-order valence-electron chi connectivity index (χ2n) is 11.9. The third kappa shape index (κ3) is 7.90. The fourth-order valence-electron chi connectivity index (χ4n) is 5.75. The van der Waals surface area contributed by atoms with E-state index in [1.807, 2.05) is 66.7 Å². The van der Waals surface area contributed by atoms with Gasteiger partial charge in [0, 0.05) is 6.20 Å². The van der Waals surface area contributed by atoms with Gasteiger partial charge >= 0.3 is 0 Å². The molecule has 0 aliphatic carbocycles. The molecule has 0 saturated carbocycles. The number of pyridine rings is 1. The summed E-state index contributed by atoms with van der Waals surface area (Å²) in [5.41, 5.74) is 3.77. The molecule has 1 atom stereocenters. The van der Waals surface area contributed by atoms with Crippen LogP contribution in [0.15, 0.2) is 133 Å². The molecule has 3 aromatic carbocycles. The van der Waals surface area contributed by atoms with E-state index in [9.17, 15) is 15.3 Å². The first-order valence-corrected chi connectivity index (χ1v) is 16.9. The number of nitrogens with zero attached hydrogens (tertiary/aromatic N) is 1. The zero-order valence-corrected chi connectivity index (χ0v) is 26.9. The maximum atomic E-state index is 11.5. The number of aliphatic hydroxyl groups excluding tert-OH is 2. The third-order valence-electron chi connectivity index (χ3n) is 7.85. The first-order chi connectivity index (χ1) is 21.2. The van der Waals surface area contributed by atoms with Gasteiger partial charge in [0.15, 0.2) is 0 Å². The van der Waals surface area contributed by atoms with Crippen LogP contribution < -0.4 is 10.4 Å². The van der Waals surface area contributed by atoms with E-state index in [2.05, 4.69) is 56.6 Å². The van der Waals surface area contributed by atoms with Crippen molar-refractivity contribution in [3.8, 4) is 5.75 Å². The highest BCUT2D eigenvalue weighted by atomic mass is 28.4. The molecule has 3 N–H and O–H groups in total. The zero-order chi connectivity index (χ0) is 31.6. The van der Waals surface area contributed by atoms with E-state index in [0.29, 0.717) is 24.0 Å². The van der Waals surface area contributed by atoms with Gasteiger partial charge in [-0.15, -0.1) is 0 Å². The van der Waals surface area contributed by atoms with Crippen molar-refractivity contribution in [2.75, 3.05) is 13.2 Å². The molecule has 44 heavy (non-hydrogen) atoms. The topological polar surface area (TPSA) is 82.8 Å². The zero-order valence-electron chi connectivity index (χ0n) is 25.9. The Bertz CT molecular complexity index is 1520. The molecular weight excluding hydrogens is 563 g/mol. The predicted molar refractivity (Wildman–Crippen MR) is 183 cm³/mol. The fraction of sp³-hybridized carbons (Fsp3) is 0.237. The van der Waals surface area contributed by atoms with Crippen LogP contribution in [-0.2, 0) is 4.43 Å². The smallest absolute Gasteiger partial charge is 0.261 e. The Kier molecular flexibility index (Phi) is 11.3. The number of benzene rings is 3. The quantitative estimate of drug-likeness (QED) is 0.119. The van der Waals surface area contributed by atoms with Crippen molar-refractivity contribution in [2.24, 2.45) is 0 Å². The lowest BCUT2D eigenvalue weighted by Crippen LogP contribution is -2.66. The van der Waals surface area contributed by atoms with E-state index in [4.69, 9.17) is 4.43 Å². The van der Waals surface area contributed by atoms with E-state index in [1.54, 1.807) is 30.5 Å². The van der Waals surface area contributed by atoms with Crippen LogP contribution >= 0.6 is 0 Å². The van der Waals surface area contributed by atoms with Gasteiger partial charge in [-0.3, -0.25) is 4.98 Å². The van der Waals surface area contributed by atoms with E-state index in [-0.39, 0.29) is 24.0 Å². The summed E-state index contributed by atoms with van der Waals surface area (Å²) < 4.78 is 7.05. The van der Waals surface area contributed by atoms with Gasteiger partial charge in [-0.05, 0) is 80.9 Å². The lowest BCUT2D eigenvalue weighted by Gasteiger charge is -2.43. The Balaban J connectivity index is 1.59. The van der Waals surface area contributed by atoms with Gasteiger partial charge in [0.2, 0.25) is 0 Å². The minimum Gasteiger partial charge on any atom is -0.508 e. The van der Waals surface area contributed by atoms with Crippen molar-refractivity contribution in [2.45, 2.75) is 44.8 Å². The number of rotatable bonds is 13. The van der Waals surface area contributed by atoms with Gasteiger partial charge in [0.25, 0.3) is 8.32 Å². The first kappa shape index (κ1) is 32.8. The van der Waals surface area contributed by atoms with Crippen LogP contribution in [0, 0.1) is 0 Å². The summed E-state index contributed by atoms with van der Waals surface area (Å²) >= 11 is 0. The van der Waals surface area contributed by atoms with Crippen LogP contribution in [0.2, 0.25) is 5.04 Å². The predicted octanol–water partition coefficient (Wildman–Crippen LogP) is 6.52. The van der Waals surface area contributed by atoms with Gasteiger partial charge < -0.3 is 19.7 Å². The summed E-state index contributed by atoms with van der Waals surface area (Å²) in [6, 6.07) is 33.6. The fourth-order valence-corrected chi connectivity index (χ4v) is 10.3. The van der Waals surface area contributed by atoms with Crippen LogP contribution in [-0.4, -0.2) is 47.9 Å². The second-order valence-corrected chi connectivity index (χ2v) is 16.2. The molecule has 0 bridgehead atoms. The second kappa shape index (κ2) is 15.1. The van der Waals surface area contributed by atoms with Gasteiger partial charge in [-0.25, -0.2) is 0 Å². The van der Waals surface area contributed by atoms with Crippen LogP contribution in [0.25, 0.3) is 11.6 Å². The van der Waals surface area contributed by atoms with E-state index >= 15 is 0 Å². The Hall–Kier alpha value is -4.07. The van der Waals surface area contributed by atoms with Gasteiger partial charge in [-0.2, -0.15) is 0 Å². The van der Waals surface area contributed by atoms with Crippen LogP contribution in [0.4, 0.5) is 0 Å². The number of aromatic nitrogens is 1. The summed E-state index contributed by atoms with van der Waals surface area (Å²) in [6.45, 7) is 11.0. The first-order valence-electron chi connectivity index (χ1n) is 15.0. The lowest BCUT2D eigenvalue weighted by molar-refractivity contribution is 0.199. The number of aliphatic hydroxyl groups is 2. The summed E-state index contributed by atoms with van der Waals surface area (Å²) in [4.78, 5) is 4.53. The maximum Gasteiger partial charge on any atom is 0.261 e. The number of phenols is 1. The molecule has 0 radical (unpaired) electrons. The highest BCUT2D eigenvalue weighted by Crippen LogP contribution is 2.37. The number of hydrogen-bond acceptors (Lipinski definition) is 5. The van der Waals surface area contributed by atoms with Crippen molar-refractivity contribution in [3.05, 3.63) is 144 Å². The largest absolute Gasteiger partial charge is 0.508 e. The minimum atomic E-state index is -2.81. The molecule has 0 aliphatic rings. The minimum absolute atomic E-state index is 0.185. The van der Waals surface area contributed by atoms with Crippen molar-refractivity contribution >= 4 is 30.3 Å². The SMILES string of the molecule is C=C(CO[Si](c1ccccc1)(c1ccccc1)C(C)(C)C)/C(=C/CO)C(O)CC/C(=C/c1cccc(O)c1)c1ccccn1. The van der Waals surface area contributed by atoms with Gasteiger partial charge in [0.1, 0.15) is 5.75 Å². The van der Waals surface area contributed by atoms with Crippen molar-refractivity contribution in [3.63, 3.8) is 0 Å². The molecule has 1 unspecified atom stereocenters. The standard InChI is InChI=1S/C38H43NO4Si/c1-29(28-43-44(38(2,3)4,33-16-7-5-8-17-33)34-18-9-6-10-19-34)35(23-25-40)37(42)22-21-31(36-20-11-12-24-39-36)26-30-14-13-15-32(41)27-30/h5-20,23-24,26-27,37,40-42H,1,21-22,25,28H2,2-4H3/b31-26-,35-23-. The average Bonchev–Trinajstić information content (AvgIpc) is 3.02. The number of phenolic OH excluding ortho intramolecular Hbond substituents is 1. The van der Waals surface area contributed by atoms with Crippen LogP contribution in [0.1, 0.15) is 44.9 Å². The van der Waals surface area contributed by atoms with E-state index in [1.165, 1.54) is 0 Å². The lowest BCUT2D eigenvalue weighted by atomic mass is 9.94. The Labute approximate surface area is 262 Å². The molecule has 4 aromatic rings. The van der Waals surface area contributed by atoms with E-state index < -0.39 is 14.4 Å². The van der Waals surface area contributed by atoms with Gasteiger partial charge in [-0.1, -0.05) is 112 Å². The van der Waals surface area contributed by atoms with Crippen molar-refractivity contribution in [1.82, 2.24) is 4.98 Å². The molecule has 0 amide bonds. The Morgan fingerprint density at radius 1 is 0.909 bits per heavy atom. The number of allylic oxidation sites excluding steroid dienone is 1. The molecular formula is C38H43NO4Si. The summed E-state index contributed by atoms with van der Waals surface area (Å²) in [6.07, 6.45) is 5.36. The number of hydrogen-bond donors (Lipinski definition) is 3.